The molecule has 1 unspecified atom stereocenters. The van der Waals surface area contributed by atoms with Gasteiger partial charge in [-0.1, -0.05) is 0 Å². The van der Waals surface area contributed by atoms with Gasteiger partial charge in [-0.25, -0.2) is 4.98 Å². The maximum Gasteiger partial charge on any atom is 0.257 e. The average Bonchev–Trinajstić information content (AvgIpc) is 3.19. The van der Waals surface area contributed by atoms with Crippen LogP contribution in [0.25, 0.3) is 0 Å². The Bertz CT molecular complexity index is 599. The van der Waals surface area contributed by atoms with Crippen molar-refractivity contribution in [2.75, 3.05) is 70.5 Å². The zero-order valence-corrected chi connectivity index (χ0v) is 14.7. The molecule has 1 aromatic heterocycles. The van der Waals surface area contributed by atoms with Crippen LogP contribution < -0.4 is 10.2 Å². The highest BCUT2D eigenvalue weighted by atomic mass is 16.5. The number of pyridine rings is 1. The molecule has 1 N–H and O–H groups in total. The highest BCUT2D eigenvalue weighted by molar-refractivity contribution is 5.99. The first-order valence-electron chi connectivity index (χ1n) is 9.35. The molecule has 1 atom stereocenters. The van der Waals surface area contributed by atoms with Gasteiger partial charge in [0.25, 0.3) is 5.91 Å². The summed E-state index contributed by atoms with van der Waals surface area (Å²) in [5.41, 5.74) is 0.727. The molecule has 4 rings (SSSR count). The number of hydrogen-bond acceptors (Lipinski definition) is 6. The number of carbonyl (C=O) groups excluding carboxylic acids is 1. The van der Waals surface area contributed by atoms with E-state index in [4.69, 9.17) is 4.74 Å². The molecule has 4 heterocycles. The maximum absolute atomic E-state index is 13.1. The number of amides is 1. The van der Waals surface area contributed by atoms with Gasteiger partial charge in [-0.15, -0.1) is 0 Å². The van der Waals surface area contributed by atoms with Gasteiger partial charge in [-0.2, -0.15) is 0 Å². The van der Waals surface area contributed by atoms with Gasteiger partial charge in [0.1, 0.15) is 5.82 Å². The minimum absolute atomic E-state index is 0.118. The molecule has 0 spiro atoms. The molecule has 1 aromatic rings. The minimum Gasteiger partial charge on any atom is -0.378 e. The summed E-state index contributed by atoms with van der Waals surface area (Å²) in [7, 11) is 0. The summed E-state index contributed by atoms with van der Waals surface area (Å²) in [6, 6.07) is 4.27. The second-order valence-electron chi connectivity index (χ2n) is 6.95. The maximum atomic E-state index is 13.1. The van der Waals surface area contributed by atoms with Gasteiger partial charge in [-0.3, -0.25) is 9.69 Å². The molecule has 0 aliphatic carbocycles. The van der Waals surface area contributed by atoms with Crippen LogP contribution in [0.4, 0.5) is 5.82 Å². The molecule has 0 radical (unpaired) electrons. The smallest absolute Gasteiger partial charge is 0.257 e. The van der Waals surface area contributed by atoms with E-state index in [9.17, 15) is 4.79 Å². The van der Waals surface area contributed by atoms with Crippen molar-refractivity contribution >= 4 is 11.7 Å². The van der Waals surface area contributed by atoms with Crippen molar-refractivity contribution in [2.45, 2.75) is 12.5 Å². The van der Waals surface area contributed by atoms with Crippen LogP contribution in [0, 0.1) is 0 Å². The van der Waals surface area contributed by atoms with E-state index in [-0.39, 0.29) is 5.91 Å². The van der Waals surface area contributed by atoms with Gasteiger partial charge >= 0.3 is 0 Å². The fraction of sp³-hybridized carbons (Fsp3) is 0.667. The van der Waals surface area contributed by atoms with Gasteiger partial charge in [0, 0.05) is 64.6 Å². The van der Waals surface area contributed by atoms with Crippen molar-refractivity contribution < 1.29 is 9.53 Å². The molecule has 3 saturated heterocycles. The number of hydrogen-bond donors (Lipinski definition) is 1. The van der Waals surface area contributed by atoms with Gasteiger partial charge in [0.05, 0.1) is 18.8 Å². The molecule has 0 bridgehead atoms. The summed E-state index contributed by atoms with van der Waals surface area (Å²) in [5.74, 6) is 0.925. The molecule has 1 amide bonds. The molecule has 0 saturated carbocycles. The van der Waals surface area contributed by atoms with Gasteiger partial charge in [0.15, 0.2) is 0 Å². The third kappa shape index (κ3) is 3.63. The monoisotopic (exact) mass is 345 g/mol. The first-order chi connectivity index (χ1) is 12.3. The summed E-state index contributed by atoms with van der Waals surface area (Å²) in [4.78, 5) is 24.3. The molecular formula is C18H27N5O2. The summed E-state index contributed by atoms with van der Waals surface area (Å²) < 4.78 is 5.43. The van der Waals surface area contributed by atoms with Crippen LogP contribution in [0.2, 0.25) is 0 Å². The molecule has 3 aliphatic heterocycles. The van der Waals surface area contributed by atoms with Gasteiger partial charge in [-0.05, 0) is 18.6 Å². The van der Waals surface area contributed by atoms with Crippen LogP contribution in [0.5, 0.6) is 0 Å². The van der Waals surface area contributed by atoms with E-state index in [2.05, 4.69) is 20.1 Å². The quantitative estimate of drug-likeness (QED) is 0.835. The summed E-state index contributed by atoms with van der Waals surface area (Å²) in [6.45, 7) is 8.90. The van der Waals surface area contributed by atoms with Gasteiger partial charge in [0.2, 0.25) is 0 Å². The van der Waals surface area contributed by atoms with Crippen LogP contribution in [0.3, 0.4) is 0 Å². The number of rotatable bonds is 3. The van der Waals surface area contributed by atoms with E-state index in [1.807, 2.05) is 17.0 Å². The van der Waals surface area contributed by atoms with Crippen LogP contribution in [0.1, 0.15) is 16.8 Å². The number of aromatic nitrogens is 1. The second kappa shape index (κ2) is 7.68. The van der Waals surface area contributed by atoms with Crippen LogP contribution in [-0.2, 0) is 4.74 Å². The Morgan fingerprint density at radius 3 is 2.76 bits per heavy atom. The molecule has 7 nitrogen and oxygen atoms in total. The summed E-state index contributed by atoms with van der Waals surface area (Å²) >= 11 is 0. The molecular weight excluding hydrogens is 318 g/mol. The van der Waals surface area contributed by atoms with E-state index in [0.29, 0.717) is 19.3 Å². The van der Waals surface area contributed by atoms with Crippen molar-refractivity contribution in [3.05, 3.63) is 23.9 Å². The third-order valence-corrected chi connectivity index (χ3v) is 5.45. The van der Waals surface area contributed by atoms with Crippen LogP contribution in [-0.4, -0.2) is 92.3 Å². The first-order valence-corrected chi connectivity index (χ1v) is 9.35. The van der Waals surface area contributed by atoms with Crippen molar-refractivity contribution in [3.63, 3.8) is 0 Å². The minimum atomic E-state index is 0.118. The number of piperazine rings is 1. The molecule has 0 aromatic carbocycles. The summed E-state index contributed by atoms with van der Waals surface area (Å²) in [5, 5.41) is 3.40. The van der Waals surface area contributed by atoms with Crippen molar-refractivity contribution in [1.82, 2.24) is 20.1 Å². The zero-order chi connectivity index (χ0) is 17.1. The molecule has 7 heteroatoms. The predicted octanol–water partition coefficient (Wildman–Crippen LogP) is 0.0379. The first kappa shape index (κ1) is 16.8. The highest BCUT2D eigenvalue weighted by Crippen LogP contribution is 2.24. The number of nitrogens with zero attached hydrogens (tertiary/aromatic N) is 4. The van der Waals surface area contributed by atoms with Crippen molar-refractivity contribution in [2.24, 2.45) is 0 Å². The van der Waals surface area contributed by atoms with Crippen molar-refractivity contribution in [3.8, 4) is 0 Å². The predicted molar refractivity (Wildman–Crippen MR) is 96.0 cm³/mol. The molecule has 3 aliphatic rings. The SMILES string of the molecule is O=C(c1cccnc1N1CCOCC1)N1CCC(N2CCNCC2)C1. The van der Waals surface area contributed by atoms with E-state index >= 15 is 0 Å². The lowest BCUT2D eigenvalue weighted by Crippen LogP contribution is -2.49. The van der Waals surface area contributed by atoms with E-state index < -0.39 is 0 Å². The standard InChI is InChI=1S/C18H27N5O2/c24-18(23-7-3-15(14-23)21-8-5-19-6-9-21)16-2-1-4-20-17(16)22-10-12-25-13-11-22/h1-2,4,15,19H,3,5-14H2. The Morgan fingerprint density at radius 1 is 1.16 bits per heavy atom. The largest absolute Gasteiger partial charge is 0.378 e. The highest BCUT2D eigenvalue weighted by Gasteiger charge is 2.33. The Balaban J connectivity index is 1.46. The van der Waals surface area contributed by atoms with E-state index in [1.54, 1.807) is 6.20 Å². The van der Waals surface area contributed by atoms with Crippen LogP contribution in [0.15, 0.2) is 18.3 Å². The fourth-order valence-electron chi connectivity index (χ4n) is 4.03. The molecule has 136 valence electrons. The van der Waals surface area contributed by atoms with E-state index in [1.165, 1.54) is 0 Å². The third-order valence-electron chi connectivity index (χ3n) is 5.45. The fourth-order valence-corrected chi connectivity index (χ4v) is 4.03. The number of morpholine rings is 1. The van der Waals surface area contributed by atoms with Crippen molar-refractivity contribution in [1.29, 1.82) is 0 Å². The van der Waals surface area contributed by atoms with Gasteiger partial charge < -0.3 is 19.9 Å². The van der Waals surface area contributed by atoms with E-state index in [0.717, 1.165) is 70.2 Å². The number of anilines is 1. The molecule has 25 heavy (non-hydrogen) atoms. The average molecular weight is 345 g/mol. The topological polar surface area (TPSA) is 60.9 Å². The molecule has 3 fully saturated rings. The Hall–Kier alpha value is -1.70. The summed E-state index contributed by atoms with van der Waals surface area (Å²) in [6.07, 6.45) is 2.84. The Morgan fingerprint density at radius 2 is 1.96 bits per heavy atom. The lowest BCUT2D eigenvalue weighted by molar-refractivity contribution is 0.0772. The van der Waals surface area contributed by atoms with Crippen LogP contribution >= 0.6 is 0 Å². The zero-order valence-electron chi connectivity index (χ0n) is 14.7. The lowest BCUT2D eigenvalue weighted by Gasteiger charge is -2.33. The Kier molecular flexibility index (Phi) is 5.14. The Labute approximate surface area is 148 Å². The number of nitrogens with one attached hydrogen (secondary N) is 1. The normalized spacial score (nSPS) is 25.4. The number of carbonyl (C=O) groups is 1. The number of ether oxygens (including phenoxy) is 1. The lowest BCUT2D eigenvalue weighted by atomic mass is 10.2. The second-order valence-corrected chi connectivity index (χ2v) is 6.95. The number of likely N-dealkylation sites (tertiary alicyclic amines) is 1.